The Balaban J connectivity index is 2.15. The molecule has 0 radical (unpaired) electrons. The first kappa shape index (κ1) is 9.07. The summed E-state index contributed by atoms with van der Waals surface area (Å²) in [6.07, 6.45) is 0.847. The van der Waals surface area contributed by atoms with E-state index in [1.807, 2.05) is 0 Å². The Labute approximate surface area is 79.7 Å². The number of nitrogens with zero attached hydrogens (tertiary/aromatic N) is 4. The Morgan fingerprint density at radius 1 is 1.71 bits per heavy atom. The minimum absolute atomic E-state index is 0.129. The predicted molar refractivity (Wildman–Crippen MR) is 43.6 cm³/mol. The molecule has 0 amide bonds. The van der Waals surface area contributed by atoms with E-state index in [1.54, 1.807) is 0 Å². The average Bonchev–Trinajstić information content (AvgIpc) is 2.70. The van der Waals surface area contributed by atoms with Crippen molar-refractivity contribution in [3.63, 3.8) is 0 Å². The standard InChI is InChI=1S/C7H10N4O3/c12-6(13)3-11-7(8-9-10-11)5-1-2-14-4-5/h5H,1-4H2,(H,12,13). The molecular formula is C7H10N4O3. The van der Waals surface area contributed by atoms with Crippen LogP contribution in [-0.2, 0) is 16.1 Å². The maximum Gasteiger partial charge on any atom is 0.325 e. The molecule has 76 valence electrons. The fourth-order valence-corrected chi connectivity index (χ4v) is 1.48. The number of aromatic nitrogens is 4. The molecule has 1 aromatic heterocycles. The maximum absolute atomic E-state index is 10.5. The fraction of sp³-hybridized carbons (Fsp3) is 0.714. The molecule has 1 saturated heterocycles. The van der Waals surface area contributed by atoms with Crippen LogP contribution in [0.1, 0.15) is 18.2 Å². The van der Waals surface area contributed by atoms with Crippen molar-refractivity contribution < 1.29 is 14.6 Å². The van der Waals surface area contributed by atoms with Crippen LogP contribution in [0.5, 0.6) is 0 Å². The Morgan fingerprint density at radius 2 is 2.57 bits per heavy atom. The number of hydrogen-bond acceptors (Lipinski definition) is 5. The lowest BCUT2D eigenvalue weighted by Crippen LogP contribution is -2.16. The Morgan fingerprint density at radius 3 is 3.21 bits per heavy atom. The molecule has 1 aliphatic heterocycles. The molecule has 0 aliphatic carbocycles. The van der Waals surface area contributed by atoms with E-state index in [2.05, 4.69) is 15.5 Å². The summed E-state index contributed by atoms with van der Waals surface area (Å²) in [7, 11) is 0. The molecular weight excluding hydrogens is 188 g/mol. The van der Waals surface area contributed by atoms with Gasteiger partial charge in [0.15, 0.2) is 5.82 Å². The molecule has 7 nitrogen and oxygen atoms in total. The second-order valence-electron chi connectivity index (χ2n) is 3.15. The lowest BCUT2D eigenvalue weighted by Gasteiger charge is -2.05. The Hall–Kier alpha value is -1.50. The highest BCUT2D eigenvalue weighted by atomic mass is 16.5. The largest absolute Gasteiger partial charge is 0.480 e. The smallest absolute Gasteiger partial charge is 0.325 e. The van der Waals surface area contributed by atoms with E-state index in [4.69, 9.17) is 9.84 Å². The molecule has 1 fully saturated rings. The van der Waals surface area contributed by atoms with E-state index in [1.165, 1.54) is 4.68 Å². The van der Waals surface area contributed by atoms with Gasteiger partial charge in [0, 0.05) is 12.5 Å². The zero-order valence-electron chi connectivity index (χ0n) is 7.46. The summed E-state index contributed by atoms with van der Waals surface area (Å²) in [4.78, 5) is 10.5. The van der Waals surface area contributed by atoms with Gasteiger partial charge in [-0.05, 0) is 16.8 Å². The van der Waals surface area contributed by atoms with Gasteiger partial charge in [0.1, 0.15) is 6.54 Å². The summed E-state index contributed by atoms with van der Waals surface area (Å²) >= 11 is 0. The highest BCUT2D eigenvalue weighted by Crippen LogP contribution is 2.22. The first-order chi connectivity index (χ1) is 6.77. The van der Waals surface area contributed by atoms with E-state index >= 15 is 0 Å². The number of hydrogen-bond donors (Lipinski definition) is 1. The van der Waals surface area contributed by atoms with Crippen LogP contribution >= 0.6 is 0 Å². The molecule has 14 heavy (non-hydrogen) atoms. The van der Waals surface area contributed by atoms with Gasteiger partial charge in [0.25, 0.3) is 0 Å². The average molecular weight is 198 g/mol. The van der Waals surface area contributed by atoms with Crippen molar-refractivity contribution in [1.29, 1.82) is 0 Å². The molecule has 0 bridgehead atoms. The van der Waals surface area contributed by atoms with Gasteiger partial charge in [-0.3, -0.25) is 4.79 Å². The van der Waals surface area contributed by atoms with Gasteiger partial charge >= 0.3 is 5.97 Å². The summed E-state index contributed by atoms with van der Waals surface area (Å²) in [5, 5.41) is 19.5. The fourth-order valence-electron chi connectivity index (χ4n) is 1.48. The van der Waals surface area contributed by atoms with Crippen molar-refractivity contribution in [2.45, 2.75) is 18.9 Å². The van der Waals surface area contributed by atoms with E-state index in [9.17, 15) is 4.79 Å². The van der Waals surface area contributed by atoms with Crippen molar-refractivity contribution >= 4 is 5.97 Å². The first-order valence-electron chi connectivity index (χ1n) is 4.33. The van der Waals surface area contributed by atoms with Crippen molar-refractivity contribution in [3.8, 4) is 0 Å². The van der Waals surface area contributed by atoms with E-state index in [0.717, 1.165) is 6.42 Å². The molecule has 1 aromatic rings. The normalized spacial score (nSPS) is 21.3. The molecule has 1 N–H and O–H groups in total. The molecule has 0 aromatic carbocycles. The highest BCUT2D eigenvalue weighted by Gasteiger charge is 2.24. The van der Waals surface area contributed by atoms with Crippen LogP contribution in [0.25, 0.3) is 0 Å². The van der Waals surface area contributed by atoms with Crippen LogP contribution in [0.3, 0.4) is 0 Å². The topological polar surface area (TPSA) is 90.1 Å². The minimum Gasteiger partial charge on any atom is -0.480 e. The first-order valence-corrected chi connectivity index (χ1v) is 4.33. The van der Waals surface area contributed by atoms with Gasteiger partial charge in [0.05, 0.1) is 6.61 Å². The molecule has 7 heteroatoms. The van der Waals surface area contributed by atoms with Gasteiger partial charge in [-0.2, -0.15) is 0 Å². The zero-order valence-corrected chi connectivity index (χ0v) is 7.46. The minimum atomic E-state index is -0.947. The SMILES string of the molecule is O=C(O)Cn1nnnc1C1CCOC1. The second-order valence-corrected chi connectivity index (χ2v) is 3.15. The van der Waals surface area contributed by atoms with Gasteiger partial charge in [-0.25, -0.2) is 4.68 Å². The molecule has 2 heterocycles. The highest BCUT2D eigenvalue weighted by molar-refractivity contribution is 5.66. The van der Waals surface area contributed by atoms with Crippen LogP contribution in [0.15, 0.2) is 0 Å². The van der Waals surface area contributed by atoms with Gasteiger partial charge in [0.2, 0.25) is 0 Å². The van der Waals surface area contributed by atoms with E-state index in [0.29, 0.717) is 19.0 Å². The maximum atomic E-state index is 10.5. The molecule has 0 saturated carbocycles. The third kappa shape index (κ3) is 1.72. The quantitative estimate of drug-likeness (QED) is 0.688. The van der Waals surface area contributed by atoms with Gasteiger partial charge < -0.3 is 9.84 Å². The number of tetrazole rings is 1. The number of rotatable bonds is 3. The predicted octanol–water partition coefficient (Wildman–Crippen LogP) is -0.738. The monoisotopic (exact) mass is 198 g/mol. The van der Waals surface area contributed by atoms with Crippen LogP contribution in [0.4, 0.5) is 0 Å². The van der Waals surface area contributed by atoms with Crippen molar-refractivity contribution in [2.24, 2.45) is 0 Å². The summed E-state index contributed by atoms with van der Waals surface area (Å²) in [6.45, 7) is 1.06. The van der Waals surface area contributed by atoms with E-state index < -0.39 is 5.97 Å². The van der Waals surface area contributed by atoms with Gasteiger partial charge in [-0.1, -0.05) is 0 Å². The third-order valence-corrected chi connectivity index (χ3v) is 2.14. The third-order valence-electron chi connectivity index (χ3n) is 2.14. The number of aliphatic carboxylic acids is 1. The molecule has 0 spiro atoms. The van der Waals surface area contributed by atoms with Crippen LogP contribution < -0.4 is 0 Å². The zero-order chi connectivity index (χ0) is 9.97. The van der Waals surface area contributed by atoms with Crippen molar-refractivity contribution in [1.82, 2.24) is 20.2 Å². The van der Waals surface area contributed by atoms with Crippen molar-refractivity contribution in [2.75, 3.05) is 13.2 Å². The summed E-state index contributed by atoms with van der Waals surface area (Å²) < 4.78 is 6.49. The van der Waals surface area contributed by atoms with Gasteiger partial charge in [-0.15, -0.1) is 5.10 Å². The summed E-state index contributed by atoms with van der Waals surface area (Å²) in [6, 6.07) is 0. The van der Waals surface area contributed by atoms with Crippen molar-refractivity contribution in [3.05, 3.63) is 5.82 Å². The van der Waals surface area contributed by atoms with Crippen LogP contribution in [-0.4, -0.2) is 44.5 Å². The van der Waals surface area contributed by atoms with E-state index in [-0.39, 0.29) is 12.5 Å². The lowest BCUT2D eigenvalue weighted by atomic mass is 10.1. The molecule has 1 unspecified atom stereocenters. The van der Waals surface area contributed by atoms with Crippen LogP contribution in [0.2, 0.25) is 0 Å². The number of carbonyl (C=O) groups is 1. The molecule has 2 rings (SSSR count). The number of carboxylic acids is 1. The number of carboxylic acid groups (broad SMARTS) is 1. The lowest BCUT2D eigenvalue weighted by molar-refractivity contribution is -0.138. The Kier molecular flexibility index (Phi) is 2.40. The van der Waals surface area contributed by atoms with Crippen LogP contribution in [0, 0.1) is 0 Å². The summed E-state index contributed by atoms with van der Waals surface area (Å²) in [5.74, 6) is -0.216. The number of ether oxygens (including phenoxy) is 1. The molecule has 1 aliphatic rings. The second kappa shape index (κ2) is 3.70. The molecule has 1 atom stereocenters. The Bertz CT molecular complexity index is 331. The summed E-state index contributed by atoms with van der Waals surface area (Å²) in [5.41, 5.74) is 0.